The average molecular weight is 370 g/mol. The van der Waals surface area contributed by atoms with Crippen LogP contribution in [0.3, 0.4) is 0 Å². The summed E-state index contributed by atoms with van der Waals surface area (Å²) in [6.07, 6.45) is 0.217. The Morgan fingerprint density at radius 2 is 1.70 bits per heavy atom. The summed E-state index contributed by atoms with van der Waals surface area (Å²) in [5.74, 6) is 0.754. The molecule has 2 aromatic rings. The predicted octanol–water partition coefficient (Wildman–Crippen LogP) is 3.19. The summed E-state index contributed by atoms with van der Waals surface area (Å²) < 4.78 is 10.3. The molecule has 0 atom stereocenters. The third-order valence-electron chi connectivity index (χ3n) is 4.17. The van der Waals surface area contributed by atoms with E-state index in [4.69, 9.17) is 9.47 Å². The number of rotatable bonds is 8. The van der Waals surface area contributed by atoms with Crippen molar-refractivity contribution in [3.05, 3.63) is 53.6 Å². The molecule has 1 N–H and O–H groups in total. The number of amides is 2. The third kappa shape index (κ3) is 5.48. The van der Waals surface area contributed by atoms with Gasteiger partial charge in [0.2, 0.25) is 5.91 Å². The number of carbonyl (C=O) groups excluding carboxylic acids is 2. The summed E-state index contributed by atoms with van der Waals surface area (Å²) in [7, 11) is 3.06. The zero-order valence-electron chi connectivity index (χ0n) is 16.2. The lowest BCUT2D eigenvalue weighted by molar-refractivity contribution is -0.118. The number of aryl methyl sites for hydroxylation is 1. The number of benzene rings is 2. The van der Waals surface area contributed by atoms with Crippen LogP contribution in [-0.2, 0) is 4.79 Å². The van der Waals surface area contributed by atoms with E-state index in [0.717, 1.165) is 11.3 Å². The molecular weight excluding hydrogens is 344 g/mol. The molecule has 27 heavy (non-hydrogen) atoms. The Kier molecular flexibility index (Phi) is 7.23. The molecule has 0 aliphatic rings. The standard InChI is InChI=1S/C21H26N2O4/c1-5-23(17-8-6-7-15(2)11-17)20(24)9-10-22-21(25)16-12-18(26-3)14-19(13-16)27-4/h6-8,11-14H,5,9-10H2,1-4H3,(H,22,25). The Bertz CT molecular complexity index is 782. The Morgan fingerprint density at radius 1 is 1.04 bits per heavy atom. The summed E-state index contributed by atoms with van der Waals surface area (Å²) in [5.41, 5.74) is 2.38. The van der Waals surface area contributed by atoms with Crippen molar-refractivity contribution < 1.29 is 19.1 Å². The average Bonchev–Trinajstić information content (AvgIpc) is 2.68. The Labute approximate surface area is 160 Å². The SMILES string of the molecule is CCN(C(=O)CCNC(=O)c1cc(OC)cc(OC)c1)c1cccc(C)c1. The van der Waals surface area contributed by atoms with Crippen LogP contribution >= 0.6 is 0 Å². The molecule has 6 heteroatoms. The Morgan fingerprint density at radius 3 is 2.26 bits per heavy atom. The maximum absolute atomic E-state index is 12.5. The van der Waals surface area contributed by atoms with Crippen molar-refractivity contribution in [3.8, 4) is 11.5 Å². The number of hydrogen-bond acceptors (Lipinski definition) is 4. The Balaban J connectivity index is 1.96. The maximum Gasteiger partial charge on any atom is 0.251 e. The van der Waals surface area contributed by atoms with Crippen molar-refractivity contribution in [1.29, 1.82) is 0 Å². The van der Waals surface area contributed by atoms with Crippen molar-refractivity contribution >= 4 is 17.5 Å². The van der Waals surface area contributed by atoms with Gasteiger partial charge in [-0.1, -0.05) is 12.1 Å². The molecule has 0 bridgehead atoms. The van der Waals surface area contributed by atoms with E-state index in [1.54, 1.807) is 23.1 Å². The minimum Gasteiger partial charge on any atom is -0.497 e. The normalized spacial score (nSPS) is 10.2. The summed E-state index contributed by atoms with van der Waals surface area (Å²) in [5, 5.41) is 2.78. The number of nitrogens with zero attached hydrogens (tertiary/aromatic N) is 1. The lowest BCUT2D eigenvalue weighted by Crippen LogP contribution is -2.34. The summed E-state index contributed by atoms with van der Waals surface area (Å²) in [6, 6.07) is 12.8. The molecule has 0 radical (unpaired) electrons. The van der Waals surface area contributed by atoms with E-state index in [9.17, 15) is 9.59 Å². The van der Waals surface area contributed by atoms with Crippen molar-refractivity contribution in [3.63, 3.8) is 0 Å². The number of anilines is 1. The number of hydrogen-bond donors (Lipinski definition) is 1. The largest absolute Gasteiger partial charge is 0.497 e. The fourth-order valence-electron chi connectivity index (χ4n) is 2.76. The second-order valence-corrected chi connectivity index (χ2v) is 6.08. The van der Waals surface area contributed by atoms with Crippen LogP contribution < -0.4 is 19.7 Å². The predicted molar refractivity (Wildman–Crippen MR) is 106 cm³/mol. The molecule has 2 rings (SSSR count). The van der Waals surface area contributed by atoms with Crippen molar-refractivity contribution in [2.24, 2.45) is 0 Å². The van der Waals surface area contributed by atoms with Crippen LogP contribution in [0.5, 0.6) is 11.5 Å². The van der Waals surface area contributed by atoms with E-state index in [-0.39, 0.29) is 24.8 Å². The molecule has 0 fully saturated rings. The van der Waals surface area contributed by atoms with E-state index in [1.165, 1.54) is 14.2 Å². The zero-order chi connectivity index (χ0) is 19.8. The van der Waals surface area contributed by atoms with Crippen molar-refractivity contribution in [1.82, 2.24) is 5.32 Å². The van der Waals surface area contributed by atoms with E-state index in [1.807, 2.05) is 38.1 Å². The van der Waals surface area contributed by atoms with Gasteiger partial charge in [-0.05, 0) is 43.7 Å². The van der Waals surface area contributed by atoms with Gasteiger partial charge >= 0.3 is 0 Å². The van der Waals surface area contributed by atoms with Gasteiger partial charge in [0.25, 0.3) is 5.91 Å². The number of methoxy groups -OCH3 is 2. The van der Waals surface area contributed by atoms with Crippen molar-refractivity contribution in [2.45, 2.75) is 20.3 Å². The molecule has 0 heterocycles. The fraction of sp³-hybridized carbons (Fsp3) is 0.333. The topological polar surface area (TPSA) is 67.9 Å². The van der Waals surface area contributed by atoms with E-state index in [0.29, 0.717) is 23.6 Å². The minimum atomic E-state index is -0.279. The van der Waals surface area contributed by atoms with Crippen LogP contribution in [0.4, 0.5) is 5.69 Å². The fourth-order valence-corrected chi connectivity index (χ4v) is 2.76. The van der Waals surface area contributed by atoms with Gasteiger partial charge in [0.05, 0.1) is 14.2 Å². The molecule has 0 saturated heterocycles. The van der Waals surface area contributed by atoms with Crippen LogP contribution in [0.2, 0.25) is 0 Å². The third-order valence-corrected chi connectivity index (χ3v) is 4.17. The molecule has 0 aliphatic carbocycles. The first-order valence-electron chi connectivity index (χ1n) is 8.86. The molecule has 0 unspecified atom stereocenters. The number of nitrogens with one attached hydrogen (secondary N) is 1. The monoisotopic (exact) mass is 370 g/mol. The number of carbonyl (C=O) groups is 2. The van der Waals surface area contributed by atoms with Crippen LogP contribution in [0.25, 0.3) is 0 Å². The summed E-state index contributed by atoms with van der Waals surface area (Å²) >= 11 is 0. The Hall–Kier alpha value is -3.02. The lowest BCUT2D eigenvalue weighted by atomic mass is 10.1. The van der Waals surface area contributed by atoms with Gasteiger partial charge in [-0.25, -0.2) is 0 Å². The smallest absolute Gasteiger partial charge is 0.251 e. The zero-order valence-corrected chi connectivity index (χ0v) is 16.2. The van der Waals surface area contributed by atoms with Gasteiger partial charge < -0.3 is 19.7 Å². The second kappa shape index (κ2) is 9.62. The highest BCUT2D eigenvalue weighted by Crippen LogP contribution is 2.22. The molecule has 2 aromatic carbocycles. The highest BCUT2D eigenvalue weighted by atomic mass is 16.5. The maximum atomic E-state index is 12.5. The molecular formula is C21H26N2O4. The van der Waals surface area contributed by atoms with E-state index >= 15 is 0 Å². The quantitative estimate of drug-likeness (QED) is 0.775. The molecule has 0 aromatic heterocycles. The van der Waals surface area contributed by atoms with Crippen LogP contribution in [0, 0.1) is 6.92 Å². The highest BCUT2D eigenvalue weighted by Gasteiger charge is 2.15. The highest BCUT2D eigenvalue weighted by molar-refractivity contribution is 5.96. The van der Waals surface area contributed by atoms with Gasteiger partial charge in [0.1, 0.15) is 11.5 Å². The van der Waals surface area contributed by atoms with Crippen LogP contribution in [0.1, 0.15) is 29.3 Å². The van der Waals surface area contributed by atoms with Gasteiger partial charge in [-0.15, -0.1) is 0 Å². The lowest BCUT2D eigenvalue weighted by Gasteiger charge is -2.21. The number of ether oxygens (including phenoxy) is 2. The minimum absolute atomic E-state index is 0.0355. The summed E-state index contributed by atoms with van der Waals surface area (Å²) in [6.45, 7) is 4.74. The molecule has 0 aliphatic heterocycles. The van der Waals surface area contributed by atoms with Crippen LogP contribution in [0.15, 0.2) is 42.5 Å². The van der Waals surface area contributed by atoms with Gasteiger partial charge in [-0.2, -0.15) is 0 Å². The molecule has 0 spiro atoms. The second-order valence-electron chi connectivity index (χ2n) is 6.08. The molecule has 0 saturated carbocycles. The van der Waals surface area contributed by atoms with Crippen LogP contribution in [-0.4, -0.2) is 39.1 Å². The van der Waals surface area contributed by atoms with Gasteiger partial charge in [0.15, 0.2) is 0 Å². The van der Waals surface area contributed by atoms with Crippen molar-refractivity contribution in [2.75, 3.05) is 32.2 Å². The molecule has 6 nitrogen and oxygen atoms in total. The molecule has 144 valence electrons. The first-order valence-corrected chi connectivity index (χ1v) is 8.86. The first-order chi connectivity index (χ1) is 13.0. The first kappa shape index (κ1) is 20.3. The van der Waals surface area contributed by atoms with E-state index < -0.39 is 0 Å². The van der Waals surface area contributed by atoms with E-state index in [2.05, 4.69) is 5.32 Å². The van der Waals surface area contributed by atoms with Gasteiger partial charge in [0, 0.05) is 36.8 Å². The summed E-state index contributed by atoms with van der Waals surface area (Å²) in [4.78, 5) is 26.6. The van der Waals surface area contributed by atoms with Gasteiger partial charge in [-0.3, -0.25) is 9.59 Å². The molecule has 2 amide bonds.